The second-order valence-corrected chi connectivity index (χ2v) is 15.8. The molecule has 4 aromatic rings. The van der Waals surface area contributed by atoms with Gasteiger partial charge in [0, 0.05) is 35.8 Å². The monoisotopic (exact) mass is 729 g/mol. The average molecular weight is 730 g/mol. The highest BCUT2D eigenvalue weighted by Gasteiger charge is 2.38. The number of fused-ring (bicyclic) bond motifs is 1. The molecule has 3 N–H and O–H groups in total. The molecule has 13 nitrogen and oxygen atoms in total. The molecule has 1 aliphatic heterocycles. The Morgan fingerprint density at radius 3 is 2.57 bits per heavy atom. The molecule has 1 atom stereocenters. The third-order valence-electron chi connectivity index (χ3n) is 7.62. The summed E-state index contributed by atoms with van der Waals surface area (Å²) in [6.45, 7) is 13.4. The molecule has 0 saturated carbocycles. The van der Waals surface area contributed by atoms with Crippen LogP contribution in [0.4, 0.5) is 26.1 Å². The number of benzene rings is 2. The molecule has 0 spiro atoms. The van der Waals surface area contributed by atoms with Crippen LogP contribution in [0.2, 0.25) is 0 Å². The number of hydrogen-bond acceptors (Lipinski definition) is 11. The van der Waals surface area contributed by atoms with Crippen molar-refractivity contribution in [3.05, 3.63) is 66.1 Å². The van der Waals surface area contributed by atoms with Crippen LogP contribution in [0.25, 0.3) is 10.9 Å². The van der Waals surface area contributed by atoms with Crippen LogP contribution in [-0.4, -0.2) is 74.5 Å². The Morgan fingerprint density at radius 1 is 1.06 bits per heavy atom. The van der Waals surface area contributed by atoms with Gasteiger partial charge in [-0.25, -0.2) is 23.3 Å². The third kappa shape index (κ3) is 11.2. The number of H-pyrrole nitrogens is 1. The first-order chi connectivity index (χ1) is 24.1. The molecule has 16 heteroatoms. The maximum atomic E-state index is 13.9. The summed E-state index contributed by atoms with van der Waals surface area (Å²) < 4.78 is 64.3. The number of carbonyl (C=O) groups excluding carboxylic acids is 1. The number of nitrogens with zero attached hydrogens (tertiary/aromatic N) is 4. The SMILES string of the molecule is CC(C)(C)OP(=O)(OC[C@@H]1CCCN1CCCOc1ccc2c(Nc3cc(CC(=O)Nc4cccc(F)c4F)[nH]n3)ncnc2c1)OC(C)(C)C. The average Bonchev–Trinajstić information content (AvgIpc) is 3.67. The van der Waals surface area contributed by atoms with E-state index in [2.05, 4.69) is 35.7 Å². The Labute approximate surface area is 296 Å². The van der Waals surface area contributed by atoms with Crippen molar-refractivity contribution in [1.29, 1.82) is 0 Å². The lowest BCUT2D eigenvalue weighted by atomic mass is 10.2. The molecule has 51 heavy (non-hydrogen) atoms. The number of anilines is 3. The second kappa shape index (κ2) is 16.1. The number of ether oxygens (including phenoxy) is 1. The quantitative estimate of drug-likeness (QED) is 0.0822. The lowest BCUT2D eigenvalue weighted by molar-refractivity contribution is -0.115. The molecular weight excluding hydrogens is 683 g/mol. The minimum absolute atomic E-state index is 0.0984. The van der Waals surface area contributed by atoms with Crippen LogP contribution in [0.1, 0.15) is 66.5 Å². The number of rotatable bonds is 15. The fourth-order valence-corrected chi connectivity index (χ4v) is 7.43. The molecule has 0 aliphatic carbocycles. The Bertz CT molecular complexity index is 1840. The predicted molar refractivity (Wildman–Crippen MR) is 190 cm³/mol. The van der Waals surface area contributed by atoms with Crippen LogP contribution in [0.15, 0.2) is 48.8 Å². The molecule has 0 radical (unpaired) electrons. The largest absolute Gasteiger partial charge is 0.493 e. The summed E-state index contributed by atoms with van der Waals surface area (Å²) in [5.41, 5.74) is -0.503. The van der Waals surface area contributed by atoms with Crippen LogP contribution in [-0.2, 0) is 29.4 Å². The maximum absolute atomic E-state index is 13.9. The molecule has 2 aromatic heterocycles. The predicted octanol–water partition coefficient (Wildman–Crippen LogP) is 7.54. The van der Waals surface area contributed by atoms with E-state index >= 15 is 0 Å². The van der Waals surface area contributed by atoms with Crippen molar-refractivity contribution in [2.24, 2.45) is 0 Å². The first-order valence-electron chi connectivity index (χ1n) is 16.9. The van der Waals surface area contributed by atoms with Crippen molar-refractivity contribution < 1.29 is 36.4 Å². The van der Waals surface area contributed by atoms with E-state index in [0.29, 0.717) is 35.2 Å². The van der Waals surface area contributed by atoms with Gasteiger partial charge in [-0.3, -0.25) is 28.4 Å². The molecule has 1 saturated heterocycles. The number of hydrogen-bond donors (Lipinski definition) is 3. The zero-order valence-corrected chi connectivity index (χ0v) is 30.7. The molecule has 0 bridgehead atoms. The molecule has 1 fully saturated rings. The van der Waals surface area contributed by atoms with Gasteiger partial charge in [0.05, 0.1) is 42.0 Å². The van der Waals surface area contributed by atoms with Gasteiger partial charge in [-0.05, 0) is 91.6 Å². The van der Waals surface area contributed by atoms with Gasteiger partial charge < -0.3 is 15.4 Å². The Kier molecular flexibility index (Phi) is 12.1. The number of amides is 1. The number of likely N-dealkylation sites (tertiary alicyclic amines) is 1. The number of aromatic amines is 1. The van der Waals surface area contributed by atoms with Crippen LogP contribution < -0.4 is 15.4 Å². The van der Waals surface area contributed by atoms with Crippen LogP contribution in [0.5, 0.6) is 5.75 Å². The highest BCUT2D eigenvalue weighted by Crippen LogP contribution is 2.55. The summed E-state index contributed by atoms with van der Waals surface area (Å²) in [6, 6.07) is 10.8. The fourth-order valence-electron chi connectivity index (χ4n) is 5.59. The molecule has 1 amide bonds. The summed E-state index contributed by atoms with van der Waals surface area (Å²) in [5.74, 6) is -1.13. The summed E-state index contributed by atoms with van der Waals surface area (Å²) in [5, 5.41) is 13.2. The number of halogens is 2. The van der Waals surface area contributed by atoms with Gasteiger partial charge in [-0.1, -0.05) is 6.07 Å². The summed E-state index contributed by atoms with van der Waals surface area (Å²) in [6.07, 6.45) is 4.02. The van der Waals surface area contributed by atoms with Crippen molar-refractivity contribution in [2.45, 2.75) is 84.5 Å². The first-order valence-corrected chi connectivity index (χ1v) is 18.3. The lowest BCUT2D eigenvalue weighted by Crippen LogP contribution is -2.35. The van der Waals surface area contributed by atoms with Gasteiger partial charge in [0.2, 0.25) is 5.91 Å². The standard InChI is InChI=1S/C35H46F2N7O6P/c1-34(2,3)49-51(46,50-35(4,5)6)48-21-24-10-8-15-44(24)16-9-17-47-25-13-14-26-29(20-25)38-22-39-33(26)41-30-18-23(42-43-30)19-31(45)40-28-12-7-11-27(36)32(28)37/h7,11-14,18,20,22,24H,8-10,15-17,19,21H2,1-6H3,(H,40,45)(H2,38,39,41,42,43)/t24-/m0/s1. The molecule has 5 rings (SSSR count). The number of nitrogens with one attached hydrogen (secondary N) is 3. The van der Waals surface area contributed by atoms with Gasteiger partial charge in [-0.15, -0.1) is 0 Å². The summed E-state index contributed by atoms with van der Waals surface area (Å²) in [4.78, 5) is 23.5. The van der Waals surface area contributed by atoms with Gasteiger partial charge in [0.1, 0.15) is 17.9 Å². The summed E-state index contributed by atoms with van der Waals surface area (Å²) in [7, 11) is -3.78. The van der Waals surface area contributed by atoms with E-state index in [4.69, 9.17) is 18.3 Å². The number of phosphoric acid groups is 1. The molecule has 0 unspecified atom stereocenters. The Balaban J connectivity index is 1.11. The fraction of sp³-hybridized carbons (Fsp3) is 0.486. The molecule has 1 aliphatic rings. The van der Waals surface area contributed by atoms with Crippen LogP contribution >= 0.6 is 7.82 Å². The van der Waals surface area contributed by atoms with Crippen LogP contribution in [0, 0.1) is 11.6 Å². The zero-order chi connectivity index (χ0) is 36.8. The molecule has 3 heterocycles. The van der Waals surface area contributed by atoms with Gasteiger partial charge >= 0.3 is 7.82 Å². The molecular formula is C35H46F2N7O6P. The Hall–Kier alpha value is -4.01. The van der Waals surface area contributed by atoms with E-state index in [1.807, 2.05) is 59.7 Å². The highest BCUT2D eigenvalue weighted by molar-refractivity contribution is 7.48. The van der Waals surface area contributed by atoms with Crippen molar-refractivity contribution in [3.8, 4) is 5.75 Å². The van der Waals surface area contributed by atoms with Crippen molar-refractivity contribution >= 4 is 42.0 Å². The normalized spacial score (nSPS) is 15.7. The van der Waals surface area contributed by atoms with Crippen LogP contribution in [0.3, 0.4) is 0 Å². The highest BCUT2D eigenvalue weighted by atomic mass is 31.2. The van der Waals surface area contributed by atoms with E-state index in [1.54, 1.807) is 6.07 Å². The lowest BCUT2D eigenvalue weighted by Gasteiger charge is -2.32. The van der Waals surface area contributed by atoms with Crippen molar-refractivity contribution in [3.63, 3.8) is 0 Å². The van der Waals surface area contributed by atoms with Crippen molar-refractivity contribution in [1.82, 2.24) is 25.1 Å². The molecule has 2 aromatic carbocycles. The van der Waals surface area contributed by atoms with Crippen molar-refractivity contribution in [2.75, 3.05) is 36.9 Å². The van der Waals surface area contributed by atoms with E-state index in [0.717, 1.165) is 43.8 Å². The maximum Gasteiger partial charge on any atom is 0.475 e. The van der Waals surface area contributed by atoms with E-state index in [9.17, 15) is 18.1 Å². The number of carbonyl (C=O) groups is 1. The smallest absolute Gasteiger partial charge is 0.475 e. The minimum Gasteiger partial charge on any atom is -0.493 e. The van der Waals surface area contributed by atoms with E-state index < -0.39 is 36.6 Å². The summed E-state index contributed by atoms with van der Waals surface area (Å²) >= 11 is 0. The van der Waals surface area contributed by atoms with E-state index in [-0.39, 0.29) is 24.8 Å². The topological polar surface area (TPSA) is 153 Å². The van der Waals surface area contributed by atoms with Gasteiger partial charge in [0.15, 0.2) is 17.5 Å². The van der Waals surface area contributed by atoms with Gasteiger partial charge in [0.25, 0.3) is 0 Å². The first kappa shape index (κ1) is 38.2. The molecule has 276 valence electrons. The third-order valence-corrected chi connectivity index (χ3v) is 9.62. The second-order valence-electron chi connectivity index (χ2n) is 14.3. The minimum atomic E-state index is -3.78. The zero-order valence-electron chi connectivity index (χ0n) is 29.8. The Morgan fingerprint density at radius 2 is 1.82 bits per heavy atom. The number of phosphoric ester groups is 1. The van der Waals surface area contributed by atoms with Gasteiger partial charge in [-0.2, -0.15) is 5.10 Å². The number of aromatic nitrogens is 4. The van der Waals surface area contributed by atoms with E-state index in [1.165, 1.54) is 18.5 Å².